The van der Waals surface area contributed by atoms with Gasteiger partial charge >= 0.3 is 0 Å². The van der Waals surface area contributed by atoms with Crippen molar-refractivity contribution in [3.05, 3.63) is 0 Å². The number of sulfone groups is 1. The minimum atomic E-state index is -2.76. The van der Waals surface area contributed by atoms with E-state index in [1.54, 1.807) is 7.11 Å². The second-order valence-electron chi connectivity index (χ2n) is 4.87. The zero-order chi connectivity index (χ0) is 12.7. The maximum absolute atomic E-state index is 11.5. The van der Waals surface area contributed by atoms with Gasteiger partial charge < -0.3 is 10.1 Å². The first-order valence-electron chi connectivity index (χ1n) is 6.49. The zero-order valence-corrected chi connectivity index (χ0v) is 11.8. The standard InChI is InChI=1S/C12H25NO3S/c1-3-13-9-11(5-4-7-16-2)12-6-8-17(14,15)10-12/h11-13H,3-10H2,1-2H3. The molecule has 2 atom stereocenters. The summed E-state index contributed by atoms with van der Waals surface area (Å²) < 4.78 is 28.1. The Bertz CT molecular complexity index is 303. The molecule has 0 aromatic rings. The molecule has 0 aromatic heterocycles. The Balaban J connectivity index is 2.44. The molecule has 1 saturated heterocycles. The molecule has 1 aliphatic rings. The van der Waals surface area contributed by atoms with Crippen molar-refractivity contribution < 1.29 is 13.2 Å². The molecule has 2 unspecified atom stereocenters. The molecule has 1 N–H and O–H groups in total. The lowest BCUT2D eigenvalue weighted by atomic mass is 9.88. The van der Waals surface area contributed by atoms with Gasteiger partial charge in [-0.1, -0.05) is 6.92 Å². The van der Waals surface area contributed by atoms with E-state index in [-0.39, 0.29) is 0 Å². The summed E-state index contributed by atoms with van der Waals surface area (Å²) >= 11 is 0. The van der Waals surface area contributed by atoms with E-state index in [1.807, 2.05) is 0 Å². The summed E-state index contributed by atoms with van der Waals surface area (Å²) in [4.78, 5) is 0. The molecular weight excluding hydrogens is 238 g/mol. The summed E-state index contributed by atoms with van der Waals surface area (Å²) in [6, 6.07) is 0. The number of ether oxygens (including phenoxy) is 1. The highest BCUT2D eigenvalue weighted by atomic mass is 32.2. The predicted octanol–water partition coefficient (Wildman–Crippen LogP) is 1.07. The van der Waals surface area contributed by atoms with E-state index < -0.39 is 9.84 Å². The molecule has 0 radical (unpaired) electrons. The molecule has 1 aliphatic heterocycles. The SMILES string of the molecule is CCNCC(CCCOC)C1CCS(=O)(=O)C1. The summed E-state index contributed by atoms with van der Waals surface area (Å²) in [7, 11) is -1.05. The normalized spacial score (nSPS) is 24.9. The molecule has 1 fully saturated rings. The van der Waals surface area contributed by atoms with E-state index in [9.17, 15) is 8.42 Å². The maximum atomic E-state index is 11.5. The highest BCUT2D eigenvalue weighted by Crippen LogP contribution is 2.28. The van der Waals surface area contributed by atoms with Crippen LogP contribution in [0.3, 0.4) is 0 Å². The fraction of sp³-hybridized carbons (Fsp3) is 1.00. The Labute approximate surface area is 105 Å². The molecule has 0 aliphatic carbocycles. The molecule has 4 nitrogen and oxygen atoms in total. The van der Waals surface area contributed by atoms with Gasteiger partial charge in [-0.2, -0.15) is 0 Å². The summed E-state index contributed by atoms with van der Waals surface area (Å²) in [5.41, 5.74) is 0. The Morgan fingerprint density at radius 1 is 1.47 bits per heavy atom. The minimum Gasteiger partial charge on any atom is -0.385 e. The highest BCUT2D eigenvalue weighted by Gasteiger charge is 2.32. The van der Waals surface area contributed by atoms with Gasteiger partial charge in [0.1, 0.15) is 0 Å². The molecular formula is C12H25NO3S. The lowest BCUT2D eigenvalue weighted by Gasteiger charge is -2.22. The van der Waals surface area contributed by atoms with Crippen LogP contribution in [0.25, 0.3) is 0 Å². The Morgan fingerprint density at radius 2 is 2.24 bits per heavy atom. The van der Waals surface area contributed by atoms with Crippen molar-refractivity contribution in [3.63, 3.8) is 0 Å². The molecule has 1 heterocycles. The van der Waals surface area contributed by atoms with Crippen LogP contribution in [0.4, 0.5) is 0 Å². The predicted molar refractivity (Wildman–Crippen MR) is 69.9 cm³/mol. The van der Waals surface area contributed by atoms with E-state index >= 15 is 0 Å². The number of nitrogens with one attached hydrogen (secondary N) is 1. The molecule has 5 heteroatoms. The number of hydrogen-bond donors (Lipinski definition) is 1. The Kier molecular flexibility index (Phi) is 6.44. The van der Waals surface area contributed by atoms with Gasteiger partial charge in [0.25, 0.3) is 0 Å². The summed E-state index contributed by atoms with van der Waals surface area (Å²) in [6.07, 6.45) is 2.91. The second kappa shape index (κ2) is 7.34. The van der Waals surface area contributed by atoms with E-state index in [2.05, 4.69) is 12.2 Å². The van der Waals surface area contributed by atoms with Gasteiger partial charge in [0.05, 0.1) is 11.5 Å². The van der Waals surface area contributed by atoms with Crippen molar-refractivity contribution in [3.8, 4) is 0 Å². The minimum absolute atomic E-state index is 0.343. The lowest BCUT2D eigenvalue weighted by molar-refractivity contribution is 0.180. The van der Waals surface area contributed by atoms with E-state index in [4.69, 9.17) is 4.74 Å². The fourth-order valence-electron chi connectivity index (χ4n) is 2.52. The Hall–Kier alpha value is -0.130. The van der Waals surface area contributed by atoms with E-state index in [0.29, 0.717) is 23.3 Å². The fourth-order valence-corrected chi connectivity index (χ4v) is 4.44. The van der Waals surface area contributed by atoms with Crippen molar-refractivity contribution in [2.75, 3.05) is 38.3 Å². The van der Waals surface area contributed by atoms with Crippen LogP contribution in [0.5, 0.6) is 0 Å². The van der Waals surface area contributed by atoms with Crippen LogP contribution in [-0.2, 0) is 14.6 Å². The maximum Gasteiger partial charge on any atom is 0.150 e. The monoisotopic (exact) mass is 263 g/mol. The van der Waals surface area contributed by atoms with Gasteiger partial charge in [-0.25, -0.2) is 8.42 Å². The third-order valence-corrected chi connectivity index (χ3v) is 5.31. The van der Waals surface area contributed by atoms with Gasteiger partial charge in [-0.3, -0.25) is 0 Å². The van der Waals surface area contributed by atoms with Crippen molar-refractivity contribution >= 4 is 9.84 Å². The molecule has 0 saturated carbocycles. The quantitative estimate of drug-likeness (QED) is 0.666. The highest BCUT2D eigenvalue weighted by molar-refractivity contribution is 7.91. The molecule has 0 bridgehead atoms. The van der Waals surface area contributed by atoms with Crippen LogP contribution in [0.15, 0.2) is 0 Å². The van der Waals surface area contributed by atoms with Gasteiger partial charge in [0.15, 0.2) is 9.84 Å². The van der Waals surface area contributed by atoms with Crippen LogP contribution in [-0.4, -0.2) is 46.7 Å². The van der Waals surface area contributed by atoms with Gasteiger partial charge in [0.2, 0.25) is 0 Å². The average Bonchev–Trinajstić information content (AvgIpc) is 2.64. The van der Waals surface area contributed by atoms with Crippen LogP contribution in [0.2, 0.25) is 0 Å². The smallest absolute Gasteiger partial charge is 0.150 e. The third kappa shape index (κ3) is 5.36. The second-order valence-corrected chi connectivity index (χ2v) is 7.09. The first-order valence-corrected chi connectivity index (χ1v) is 8.31. The van der Waals surface area contributed by atoms with Crippen molar-refractivity contribution in [1.29, 1.82) is 0 Å². The van der Waals surface area contributed by atoms with Crippen LogP contribution in [0.1, 0.15) is 26.2 Å². The topological polar surface area (TPSA) is 55.4 Å². The van der Waals surface area contributed by atoms with Crippen LogP contribution < -0.4 is 5.32 Å². The number of hydrogen-bond acceptors (Lipinski definition) is 4. The summed E-state index contributed by atoms with van der Waals surface area (Å²) in [5, 5.41) is 3.34. The summed E-state index contributed by atoms with van der Waals surface area (Å²) in [6.45, 7) is 4.72. The molecule has 17 heavy (non-hydrogen) atoms. The van der Waals surface area contributed by atoms with Crippen LogP contribution >= 0.6 is 0 Å². The zero-order valence-electron chi connectivity index (χ0n) is 10.9. The van der Waals surface area contributed by atoms with Crippen molar-refractivity contribution in [2.45, 2.75) is 26.2 Å². The molecule has 0 amide bonds. The van der Waals surface area contributed by atoms with E-state index in [0.717, 1.165) is 39.0 Å². The van der Waals surface area contributed by atoms with Crippen LogP contribution in [0, 0.1) is 11.8 Å². The third-order valence-electron chi connectivity index (χ3n) is 3.51. The number of rotatable bonds is 8. The lowest BCUT2D eigenvalue weighted by Crippen LogP contribution is -2.29. The molecule has 102 valence electrons. The van der Waals surface area contributed by atoms with Crippen molar-refractivity contribution in [2.24, 2.45) is 11.8 Å². The van der Waals surface area contributed by atoms with Gasteiger partial charge in [-0.05, 0) is 44.2 Å². The van der Waals surface area contributed by atoms with Gasteiger partial charge in [-0.15, -0.1) is 0 Å². The molecule has 1 rings (SSSR count). The summed E-state index contributed by atoms with van der Waals surface area (Å²) in [5.74, 6) is 1.58. The first-order chi connectivity index (χ1) is 8.09. The average molecular weight is 263 g/mol. The van der Waals surface area contributed by atoms with Crippen molar-refractivity contribution in [1.82, 2.24) is 5.32 Å². The molecule has 0 aromatic carbocycles. The van der Waals surface area contributed by atoms with Gasteiger partial charge in [0, 0.05) is 13.7 Å². The largest absolute Gasteiger partial charge is 0.385 e. The molecule has 0 spiro atoms. The van der Waals surface area contributed by atoms with E-state index in [1.165, 1.54) is 0 Å². The first kappa shape index (κ1) is 14.9. The Morgan fingerprint density at radius 3 is 2.76 bits per heavy atom. The number of methoxy groups -OCH3 is 1.